The van der Waals surface area contributed by atoms with Crippen LogP contribution in [0, 0.1) is 5.92 Å². The van der Waals surface area contributed by atoms with E-state index in [-0.39, 0.29) is 30.6 Å². The summed E-state index contributed by atoms with van der Waals surface area (Å²) < 4.78 is 22.8. The van der Waals surface area contributed by atoms with Crippen LogP contribution in [0.3, 0.4) is 0 Å². The summed E-state index contributed by atoms with van der Waals surface area (Å²) in [5.41, 5.74) is 0. The molecular weight excluding hydrogens is 681 g/mol. The monoisotopic (exact) mass is 769 g/mol. The smallest absolute Gasteiger partial charge is 0.466 e. The molecule has 0 bridgehead atoms. The van der Waals surface area contributed by atoms with Gasteiger partial charge >= 0.3 is 18.1 Å². The van der Waals surface area contributed by atoms with E-state index in [0.717, 1.165) is 110 Å². The molecule has 0 aromatic carbocycles. The van der Waals surface area contributed by atoms with Gasteiger partial charge in [-0.1, -0.05) is 138 Å². The van der Waals surface area contributed by atoms with E-state index >= 15 is 0 Å². The Morgan fingerprint density at radius 1 is 0.444 bits per heavy atom. The standard InChI is InChI=1S/C45H88N2O7/c1-7-13-17-21-27-38-51-43(48)33-26-25-32-42(31-24-20-16-10-4)54-45(50)53-40-37-47(35-28-34-46(11-5)12-6)36-39-52-44(49)41(29-22-18-14-8-2)30-23-19-15-9-3/h41-42H,7-40H2,1-6H3. The Bertz CT molecular complexity index is 842. The number of hydrogen-bond acceptors (Lipinski definition) is 9. The van der Waals surface area contributed by atoms with Gasteiger partial charge in [0.05, 0.1) is 12.5 Å². The Balaban J connectivity index is 4.99. The molecule has 0 aliphatic heterocycles. The Kier molecular flexibility index (Phi) is 38.0. The maximum absolute atomic E-state index is 13.2. The van der Waals surface area contributed by atoms with Gasteiger partial charge in [0.1, 0.15) is 19.3 Å². The minimum absolute atomic E-state index is 0.0122. The molecule has 320 valence electrons. The summed E-state index contributed by atoms with van der Waals surface area (Å²) in [7, 11) is 0. The van der Waals surface area contributed by atoms with Crippen molar-refractivity contribution in [3.63, 3.8) is 0 Å². The van der Waals surface area contributed by atoms with Crippen LogP contribution in [0.5, 0.6) is 0 Å². The summed E-state index contributed by atoms with van der Waals surface area (Å²) in [6.45, 7) is 19.3. The van der Waals surface area contributed by atoms with E-state index in [1.807, 2.05) is 0 Å². The van der Waals surface area contributed by atoms with Gasteiger partial charge in [0, 0.05) is 19.5 Å². The van der Waals surface area contributed by atoms with E-state index < -0.39 is 6.16 Å². The molecule has 0 radical (unpaired) electrons. The van der Waals surface area contributed by atoms with Crippen molar-refractivity contribution in [3.05, 3.63) is 0 Å². The van der Waals surface area contributed by atoms with Crippen LogP contribution in [0.2, 0.25) is 0 Å². The lowest BCUT2D eigenvalue weighted by molar-refractivity contribution is -0.149. The van der Waals surface area contributed by atoms with Crippen LogP contribution in [0.4, 0.5) is 4.79 Å². The minimum Gasteiger partial charge on any atom is -0.466 e. The summed E-state index contributed by atoms with van der Waals surface area (Å²) in [5, 5.41) is 0. The molecule has 0 saturated heterocycles. The van der Waals surface area contributed by atoms with Crippen LogP contribution < -0.4 is 0 Å². The Morgan fingerprint density at radius 3 is 1.48 bits per heavy atom. The van der Waals surface area contributed by atoms with E-state index in [4.69, 9.17) is 18.9 Å². The normalized spacial score (nSPS) is 12.1. The molecule has 0 amide bonds. The van der Waals surface area contributed by atoms with Gasteiger partial charge in [-0.15, -0.1) is 0 Å². The van der Waals surface area contributed by atoms with Crippen LogP contribution in [0.25, 0.3) is 0 Å². The van der Waals surface area contributed by atoms with E-state index in [1.54, 1.807) is 0 Å². The van der Waals surface area contributed by atoms with E-state index in [0.29, 0.717) is 39.1 Å². The van der Waals surface area contributed by atoms with Crippen LogP contribution in [0.15, 0.2) is 0 Å². The zero-order valence-corrected chi connectivity index (χ0v) is 36.4. The first kappa shape index (κ1) is 52.1. The number of esters is 2. The van der Waals surface area contributed by atoms with Gasteiger partial charge in [0.25, 0.3) is 0 Å². The van der Waals surface area contributed by atoms with Crippen molar-refractivity contribution in [3.8, 4) is 0 Å². The molecule has 0 aromatic heterocycles. The van der Waals surface area contributed by atoms with Gasteiger partial charge in [0.15, 0.2) is 0 Å². The van der Waals surface area contributed by atoms with Crippen LogP contribution in [-0.2, 0) is 28.5 Å². The zero-order chi connectivity index (χ0) is 39.9. The maximum Gasteiger partial charge on any atom is 0.508 e. The molecule has 54 heavy (non-hydrogen) atoms. The fraction of sp³-hybridized carbons (Fsp3) is 0.933. The number of carbonyl (C=O) groups excluding carboxylic acids is 3. The quantitative estimate of drug-likeness (QED) is 0.0343. The van der Waals surface area contributed by atoms with Crippen LogP contribution >= 0.6 is 0 Å². The van der Waals surface area contributed by atoms with Crippen molar-refractivity contribution >= 4 is 18.1 Å². The molecule has 1 atom stereocenters. The SMILES string of the molecule is CCCCCCCOC(=O)CCCCC(CCCCCC)OC(=O)OCCN(CCCN(CC)CC)CCOC(=O)C(CCCCCC)CCCCCC. The van der Waals surface area contributed by atoms with Gasteiger partial charge in [-0.2, -0.15) is 0 Å². The third-order valence-electron chi connectivity index (χ3n) is 10.6. The molecule has 1 unspecified atom stereocenters. The largest absolute Gasteiger partial charge is 0.508 e. The second-order valence-corrected chi connectivity index (χ2v) is 15.4. The second kappa shape index (κ2) is 39.4. The molecule has 0 aliphatic carbocycles. The fourth-order valence-electron chi connectivity index (χ4n) is 6.90. The first-order chi connectivity index (χ1) is 26.3. The zero-order valence-electron chi connectivity index (χ0n) is 36.4. The second-order valence-electron chi connectivity index (χ2n) is 15.4. The first-order valence-corrected chi connectivity index (χ1v) is 22.9. The Labute approximate surface area is 333 Å². The minimum atomic E-state index is -0.624. The Morgan fingerprint density at radius 2 is 0.926 bits per heavy atom. The predicted molar refractivity (Wildman–Crippen MR) is 224 cm³/mol. The molecule has 0 heterocycles. The van der Waals surface area contributed by atoms with Gasteiger partial charge in [-0.25, -0.2) is 4.79 Å². The highest BCUT2D eigenvalue weighted by Crippen LogP contribution is 2.20. The van der Waals surface area contributed by atoms with E-state index in [9.17, 15) is 14.4 Å². The number of nitrogens with zero attached hydrogens (tertiary/aromatic N) is 2. The average molecular weight is 769 g/mol. The molecule has 9 nitrogen and oxygen atoms in total. The van der Waals surface area contributed by atoms with Gasteiger partial charge in [-0.05, 0) is 84.0 Å². The van der Waals surface area contributed by atoms with Gasteiger partial charge < -0.3 is 23.8 Å². The maximum atomic E-state index is 13.2. The van der Waals surface area contributed by atoms with Gasteiger partial charge in [0.2, 0.25) is 0 Å². The third-order valence-corrected chi connectivity index (χ3v) is 10.6. The summed E-state index contributed by atoms with van der Waals surface area (Å²) in [6.07, 6.45) is 24.9. The number of carbonyl (C=O) groups is 3. The highest BCUT2D eigenvalue weighted by atomic mass is 16.7. The number of ether oxygens (including phenoxy) is 4. The van der Waals surface area contributed by atoms with Crippen molar-refractivity contribution < 1.29 is 33.3 Å². The molecule has 0 saturated carbocycles. The molecule has 9 heteroatoms. The lowest BCUT2D eigenvalue weighted by Gasteiger charge is -2.25. The number of hydrogen-bond donors (Lipinski definition) is 0. The van der Waals surface area contributed by atoms with Crippen LogP contribution in [0.1, 0.15) is 202 Å². The number of rotatable bonds is 40. The van der Waals surface area contributed by atoms with E-state index in [1.165, 1.54) is 64.2 Å². The average Bonchev–Trinajstić information content (AvgIpc) is 3.17. The first-order valence-electron chi connectivity index (χ1n) is 22.9. The Hall–Kier alpha value is -1.87. The molecule has 0 rings (SSSR count). The number of unbranched alkanes of at least 4 members (excludes halogenated alkanes) is 14. The van der Waals surface area contributed by atoms with Crippen molar-refractivity contribution in [2.75, 3.05) is 59.1 Å². The molecule has 0 spiro atoms. The summed E-state index contributed by atoms with van der Waals surface area (Å²) in [5.74, 6) is -0.196. The van der Waals surface area contributed by atoms with Crippen LogP contribution in [-0.4, -0.2) is 93.1 Å². The lowest BCUT2D eigenvalue weighted by Crippen LogP contribution is -2.35. The molecule has 0 aliphatic rings. The summed E-state index contributed by atoms with van der Waals surface area (Å²) in [4.78, 5) is 42.9. The third kappa shape index (κ3) is 32.4. The summed E-state index contributed by atoms with van der Waals surface area (Å²) >= 11 is 0. The molecule has 0 aromatic rings. The van der Waals surface area contributed by atoms with Crippen molar-refractivity contribution in [2.45, 2.75) is 208 Å². The van der Waals surface area contributed by atoms with Crippen molar-refractivity contribution in [1.82, 2.24) is 9.80 Å². The lowest BCUT2D eigenvalue weighted by atomic mass is 9.94. The molecule has 0 fully saturated rings. The molecular formula is C45H88N2O7. The topological polar surface area (TPSA) is 94.6 Å². The van der Waals surface area contributed by atoms with Crippen molar-refractivity contribution in [2.24, 2.45) is 5.92 Å². The van der Waals surface area contributed by atoms with E-state index in [2.05, 4.69) is 51.3 Å². The fourth-order valence-corrected chi connectivity index (χ4v) is 6.90. The highest BCUT2D eigenvalue weighted by molar-refractivity contribution is 5.72. The molecule has 0 N–H and O–H groups in total. The highest BCUT2D eigenvalue weighted by Gasteiger charge is 2.21. The van der Waals surface area contributed by atoms with Crippen molar-refractivity contribution in [1.29, 1.82) is 0 Å². The summed E-state index contributed by atoms with van der Waals surface area (Å²) in [6, 6.07) is 0. The predicted octanol–water partition coefficient (Wildman–Crippen LogP) is 11.7. The van der Waals surface area contributed by atoms with Gasteiger partial charge in [-0.3, -0.25) is 14.5 Å².